The van der Waals surface area contributed by atoms with Crippen molar-refractivity contribution in [3.63, 3.8) is 0 Å². The molecule has 30 heavy (non-hydrogen) atoms. The molecular weight excluding hydrogens is 384 g/mol. The van der Waals surface area contributed by atoms with E-state index in [4.69, 9.17) is 4.74 Å². The van der Waals surface area contributed by atoms with Gasteiger partial charge in [0.15, 0.2) is 5.96 Å². The molecule has 3 heterocycles. The van der Waals surface area contributed by atoms with E-state index < -0.39 is 0 Å². The Morgan fingerprint density at radius 3 is 2.37 bits per heavy atom. The molecule has 0 aromatic carbocycles. The molecule has 3 rings (SSSR count). The molecule has 1 amide bonds. The van der Waals surface area contributed by atoms with E-state index in [9.17, 15) is 4.79 Å². The van der Waals surface area contributed by atoms with Crippen LogP contribution in [-0.2, 0) is 4.74 Å². The highest BCUT2D eigenvalue weighted by molar-refractivity contribution is 5.80. The Kier molecular flexibility index (Phi) is 8.49. The Bertz CT molecular complexity index is 671. The molecule has 2 aliphatic heterocycles. The summed E-state index contributed by atoms with van der Waals surface area (Å²) in [4.78, 5) is 33.6. The summed E-state index contributed by atoms with van der Waals surface area (Å²) in [5.74, 6) is 1.73. The second-order valence-corrected chi connectivity index (χ2v) is 7.38. The number of hydrogen-bond acceptors (Lipinski definition) is 7. The SMILES string of the molecule is CCOC(=O)N1CCN(C(=NC)NCCCN2CCN(c3ncccn3)CC2)CC1. The van der Waals surface area contributed by atoms with Gasteiger partial charge in [-0.05, 0) is 26.0 Å². The summed E-state index contributed by atoms with van der Waals surface area (Å²) in [6.45, 7) is 11.0. The van der Waals surface area contributed by atoms with Crippen LogP contribution in [0.1, 0.15) is 13.3 Å². The van der Waals surface area contributed by atoms with Crippen LogP contribution >= 0.6 is 0 Å². The van der Waals surface area contributed by atoms with Gasteiger partial charge in [0.05, 0.1) is 6.61 Å². The average molecular weight is 419 g/mol. The summed E-state index contributed by atoms with van der Waals surface area (Å²) in [6.07, 6.45) is 4.43. The van der Waals surface area contributed by atoms with Gasteiger partial charge in [-0.2, -0.15) is 0 Å². The standard InChI is InChI=1S/C20H34N8O2/c1-3-30-20(29)28-16-14-26(15-17-28)18(21-2)22-8-5-9-25-10-12-27(13-11-25)19-23-6-4-7-24-19/h4,6-7H,3,5,8-17H2,1-2H3,(H,21,22). The summed E-state index contributed by atoms with van der Waals surface area (Å²) in [7, 11) is 1.81. The zero-order valence-corrected chi connectivity index (χ0v) is 18.2. The van der Waals surface area contributed by atoms with Gasteiger partial charge in [0, 0.05) is 78.3 Å². The molecule has 1 N–H and O–H groups in total. The fourth-order valence-electron chi connectivity index (χ4n) is 3.78. The third-order valence-corrected chi connectivity index (χ3v) is 5.46. The van der Waals surface area contributed by atoms with Gasteiger partial charge in [-0.15, -0.1) is 0 Å². The number of nitrogens with zero attached hydrogens (tertiary/aromatic N) is 7. The van der Waals surface area contributed by atoms with Crippen LogP contribution in [-0.4, -0.2) is 116 Å². The first-order valence-corrected chi connectivity index (χ1v) is 10.8. The summed E-state index contributed by atoms with van der Waals surface area (Å²) in [5.41, 5.74) is 0. The second-order valence-electron chi connectivity index (χ2n) is 7.38. The molecule has 0 saturated carbocycles. The summed E-state index contributed by atoms with van der Waals surface area (Å²) in [5, 5.41) is 3.47. The predicted molar refractivity (Wildman–Crippen MR) is 117 cm³/mol. The highest BCUT2D eigenvalue weighted by atomic mass is 16.6. The number of amides is 1. The van der Waals surface area contributed by atoms with Gasteiger partial charge < -0.3 is 24.8 Å². The zero-order valence-electron chi connectivity index (χ0n) is 18.2. The van der Waals surface area contributed by atoms with Gasteiger partial charge in [0.2, 0.25) is 5.95 Å². The minimum Gasteiger partial charge on any atom is -0.450 e. The Labute approximate surface area is 178 Å². The molecule has 1 aromatic rings. The number of nitrogens with one attached hydrogen (secondary N) is 1. The molecule has 10 heteroatoms. The van der Waals surface area contributed by atoms with Gasteiger partial charge in [0.1, 0.15) is 0 Å². The fourth-order valence-corrected chi connectivity index (χ4v) is 3.78. The van der Waals surface area contributed by atoms with Crippen LogP contribution in [0.25, 0.3) is 0 Å². The van der Waals surface area contributed by atoms with E-state index in [0.717, 1.165) is 70.7 Å². The van der Waals surface area contributed by atoms with Crippen molar-refractivity contribution in [2.75, 3.05) is 84.0 Å². The lowest BCUT2D eigenvalue weighted by Gasteiger charge is -2.36. The third-order valence-electron chi connectivity index (χ3n) is 5.46. The number of guanidine groups is 1. The molecule has 2 aliphatic rings. The average Bonchev–Trinajstić information content (AvgIpc) is 2.80. The quantitative estimate of drug-likeness (QED) is 0.402. The van der Waals surface area contributed by atoms with Crippen molar-refractivity contribution in [2.45, 2.75) is 13.3 Å². The van der Waals surface area contributed by atoms with Crippen LogP contribution in [0.4, 0.5) is 10.7 Å². The molecule has 0 bridgehead atoms. The first-order chi connectivity index (χ1) is 14.7. The Hall–Kier alpha value is -2.62. The Morgan fingerprint density at radius 1 is 1.07 bits per heavy atom. The van der Waals surface area contributed by atoms with Crippen LogP contribution < -0.4 is 10.2 Å². The van der Waals surface area contributed by atoms with Crippen molar-refractivity contribution >= 4 is 18.0 Å². The molecule has 0 atom stereocenters. The molecule has 166 valence electrons. The van der Waals surface area contributed by atoms with E-state index in [0.29, 0.717) is 19.7 Å². The lowest BCUT2D eigenvalue weighted by molar-refractivity contribution is 0.0914. The van der Waals surface area contributed by atoms with E-state index in [-0.39, 0.29) is 6.09 Å². The zero-order chi connectivity index (χ0) is 21.2. The van der Waals surface area contributed by atoms with Crippen LogP contribution in [0.5, 0.6) is 0 Å². The highest BCUT2D eigenvalue weighted by Crippen LogP contribution is 2.10. The molecule has 0 spiro atoms. The minimum atomic E-state index is -0.223. The van der Waals surface area contributed by atoms with Crippen LogP contribution in [0, 0.1) is 0 Å². The van der Waals surface area contributed by atoms with Crippen molar-refractivity contribution < 1.29 is 9.53 Å². The molecule has 0 aliphatic carbocycles. The molecule has 2 fully saturated rings. The lowest BCUT2D eigenvalue weighted by Crippen LogP contribution is -2.54. The van der Waals surface area contributed by atoms with E-state index in [1.165, 1.54) is 0 Å². The molecule has 1 aromatic heterocycles. The predicted octanol–water partition coefficient (Wildman–Crippen LogP) is 0.338. The molecule has 0 unspecified atom stereocenters. The topological polar surface area (TPSA) is 89.4 Å². The van der Waals surface area contributed by atoms with Crippen LogP contribution in [0.15, 0.2) is 23.5 Å². The third kappa shape index (κ3) is 6.19. The first kappa shape index (κ1) is 22.1. The normalized spacial score (nSPS) is 18.5. The number of aromatic nitrogens is 2. The van der Waals surface area contributed by atoms with Crippen molar-refractivity contribution in [3.8, 4) is 0 Å². The van der Waals surface area contributed by atoms with Crippen molar-refractivity contribution in [2.24, 2.45) is 4.99 Å². The van der Waals surface area contributed by atoms with E-state index in [2.05, 4.69) is 35.0 Å². The maximum atomic E-state index is 11.8. The van der Waals surface area contributed by atoms with Crippen LogP contribution in [0.3, 0.4) is 0 Å². The number of ether oxygens (including phenoxy) is 1. The smallest absolute Gasteiger partial charge is 0.409 e. The number of hydrogen-bond donors (Lipinski definition) is 1. The monoisotopic (exact) mass is 418 g/mol. The van der Waals surface area contributed by atoms with Gasteiger partial charge in [0.25, 0.3) is 0 Å². The van der Waals surface area contributed by atoms with Gasteiger partial charge in [-0.25, -0.2) is 14.8 Å². The highest BCUT2D eigenvalue weighted by Gasteiger charge is 2.23. The maximum Gasteiger partial charge on any atom is 0.409 e. The molecule has 2 saturated heterocycles. The largest absolute Gasteiger partial charge is 0.450 e. The second kappa shape index (κ2) is 11.5. The maximum absolute atomic E-state index is 11.8. The molecule has 10 nitrogen and oxygen atoms in total. The van der Waals surface area contributed by atoms with Crippen molar-refractivity contribution in [1.29, 1.82) is 0 Å². The number of aliphatic imine (C=N–C) groups is 1. The summed E-state index contributed by atoms with van der Waals surface area (Å²) < 4.78 is 5.08. The van der Waals surface area contributed by atoms with Gasteiger partial charge in [-0.3, -0.25) is 9.89 Å². The number of anilines is 1. The van der Waals surface area contributed by atoms with Crippen molar-refractivity contribution in [3.05, 3.63) is 18.5 Å². The lowest BCUT2D eigenvalue weighted by atomic mass is 10.3. The summed E-state index contributed by atoms with van der Waals surface area (Å²) in [6, 6.07) is 1.85. The summed E-state index contributed by atoms with van der Waals surface area (Å²) >= 11 is 0. The molecular formula is C20H34N8O2. The van der Waals surface area contributed by atoms with E-state index >= 15 is 0 Å². The number of piperazine rings is 2. The van der Waals surface area contributed by atoms with Crippen molar-refractivity contribution in [1.82, 2.24) is 30.0 Å². The fraction of sp³-hybridized carbons (Fsp3) is 0.700. The number of carbonyl (C=O) groups excluding carboxylic acids is 1. The first-order valence-electron chi connectivity index (χ1n) is 10.8. The van der Waals surface area contributed by atoms with E-state index in [1.807, 2.05) is 20.0 Å². The number of carbonyl (C=O) groups is 1. The molecule has 0 radical (unpaired) electrons. The van der Waals surface area contributed by atoms with Gasteiger partial charge in [-0.1, -0.05) is 0 Å². The van der Waals surface area contributed by atoms with Gasteiger partial charge >= 0.3 is 6.09 Å². The Morgan fingerprint density at radius 2 is 1.73 bits per heavy atom. The van der Waals surface area contributed by atoms with Crippen LogP contribution in [0.2, 0.25) is 0 Å². The Balaban J connectivity index is 1.31. The number of rotatable bonds is 6. The van der Waals surface area contributed by atoms with E-state index in [1.54, 1.807) is 17.3 Å². The minimum absolute atomic E-state index is 0.223.